The molecule has 3 heterocycles. The van der Waals surface area contributed by atoms with Crippen LogP contribution >= 0.6 is 11.3 Å². The Morgan fingerprint density at radius 1 is 1.25 bits per heavy atom. The highest BCUT2D eigenvalue weighted by Crippen LogP contribution is 2.21. The lowest BCUT2D eigenvalue weighted by atomic mass is 10.2. The SMILES string of the molecule is O=C(CCCc1nc(-c2cccs2)no1)NCCc1cccnc1. The maximum absolute atomic E-state index is 11.8. The summed E-state index contributed by atoms with van der Waals surface area (Å²) in [5.74, 6) is 1.22. The van der Waals surface area contributed by atoms with Crippen LogP contribution in [-0.4, -0.2) is 27.6 Å². The molecule has 0 aliphatic heterocycles. The molecule has 0 fully saturated rings. The second-order valence-corrected chi connectivity index (χ2v) is 6.25. The van der Waals surface area contributed by atoms with Gasteiger partial charge in [0.15, 0.2) is 0 Å². The predicted molar refractivity (Wildman–Crippen MR) is 91.5 cm³/mol. The number of rotatable bonds is 8. The number of pyridine rings is 1. The van der Waals surface area contributed by atoms with Crippen molar-refractivity contribution in [1.29, 1.82) is 0 Å². The summed E-state index contributed by atoms with van der Waals surface area (Å²) in [5, 5.41) is 8.84. The first-order chi connectivity index (χ1) is 11.8. The van der Waals surface area contributed by atoms with Crippen molar-refractivity contribution >= 4 is 17.2 Å². The van der Waals surface area contributed by atoms with Crippen molar-refractivity contribution in [3.05, 3.63) is 53.5 Å². The minimum absolute atomic E-state index is 0.0388. The topological polar surface area (TPSA) is 80.9 Å². The molecule has 124 valence electrons. The van der Waals surface area contributed by atoms with Crippen molar-refractivity contribution in [3.63, 3.8) is 0 Å². The van der Waals surface area contributed by atoms with E-state index in [1.165, 1.54) is 0 Å². The lowest BCUT2D eigenvalue weighted by molar-refractivity contribution is -0.121. The highest BCUT2D eigenvalue weighted by molar-refractivity contribution is 7.13. The van der Waals surface area contributed by atoms with Gasteiger partial charge in [-0.2, -0.15) is 4.98 Å². The average Bonchev–Trinajstić information content (AvgIpc) is 3.27. The second-order valence-electron chi connectivity index (χ2n) is 5.30. The fourth-order valence-corrected chi connectivity index (χ4v) is 2.89. The van der Waals surface area contributed by atoms with Gasteiger partial charge in [-0.05, 0) is 35.9 Å². The van der Waals surface area contributed by atoms with E-state index < -0.39 is 0 Å². The van der Waals surface area contributed by atoms with Gasteiger partial charge < -0.3 is 9.84 Å². The minimum atomic E-state index is 0.0388. The van der Waals surface area contributed by atoms with Crippen LogP contribution in [0, 0.1) is 0 Å². The third kappa shape index (κ3) is 4.73. The van der Waals surface area contributed by atoms with Crippen LogP contribution < -0.4 is 5.32 Å². The molecule has 0 saturated carbocycles. The Balaban J connectivity index is 1.35. The minimum Gasteiger partial charge on any atom is -0.356 e. The van der Waals surface area contributed by atoms with Crippen molar-refractivity contribution in [2.24, 2.45) is 0 Å². The van der Waals surface area contributed by atoms with Crippen LogP contribution in [0.3, 0.4) is 0 Å². The normalized spacial score (nSPS) is 10.7. The molecular weight excluding hydrogens is 324 g/mol. The number of carbonyl (C=O) groups excluding carboxylic acids is 1. The van der Waals surface area contributed by atoms with Gasteiger partial charge in [-0.25, -0.2) is 0 Å². The van der Waals surface area contributed by atoms with Crippen LogP contribution in [0.5, 0.6) is 0 Å². The third-order valence-electron chi connectivity index (χ3n) is 3.46. The van der Waals surface area contributed by atoms with E-state index in [4.69, 9.17) is 4.52 Å². The fraction of sp³-hybridized carbons (Fsp3) is 0.294. The molecule has 3 rings (SSSR count). The third-order valence-corrected chi connectivity index (χ3v) is 4.33. The number of aryl methyl sites for hydroxylation is 1. The molecule has 0 radical (unpaired) electrons. The summed E-state index contributed by atoms with van der Waals surface area (Å²) in [5.41, 5.74) is 1.12. The monoisotopic (exact) mass is 342 g/mol. The maximum atomic E-state index is 11.8. The number of aromatic nitrogens is 3. The standard InChI is InChI=1S/C17H18N4O2S/c22-15(19-10-8-13-4-2-9-18-12-13)6-1-7-16-20-17(21-23-16)14-5-3-11-24-14/h2-5,9,11-12H,1,6-8,10H2,(H,19,22). The van der Waals surface area contributed by atoms with Crippen LogP contribution in [-0.2, 0) is 17.6 Å². The predicted octanol–water partition coefficient (Wildman–Crippen LogP) is 2.87. The summed E-state index contributed by atoms with van der Waals surface area (Å²) in [6.07, 6.45) is 6.08. The van der Waals surface area contributed by atoms with Gasteiger partial charge in [-0.15, -0.1) is 11.3 Å². The fourth-order valence-electron chi connectivity index (χ4n) is 2.24. The van der Waals surface area contributed by atoms with E-state index in [0.717, 1.165) is 16.9 Å². The lowest BCUT2D eigenvalue weighted by Crippen LogP contribution is -2.25. The molecule has 1 amide bonds. The van der Waals surface area contributed by atoms with Crippen LogP contribution in [0.2, 0.25) is 0 Å². The Labute approximate surface area is 143 Å². The summed E-state index contributed by atoms with van der Waals surface area (Å²) in [4.78, 5) is 21.2. The summed E-state index contributed by atoms with van der Waals surface area (Å²) >= 11 is 1.57. The quantitative estimate of drug-likeness (QED) is 0.681. The van der Waals surface area contributed by atoms with Gasteiger partial charge in [0.2, 0.25) is 17.6 Å². The van der Waals surface area contributed by atoms with Crippen LogP contribution in [0.4, 0.5) is 0 Å². The molecule has 3 aromatic rings. The molecule has 0 aromatic carbocycles. The van der Waals surface area contributed by atoms with Crippen molar-refractivity contribution in [1.82, 2.24) is 20.4 Å². The average molecular weight is 342 g/mol. The van der Waals surface area contributed by atoms with E-state index in [9.17, 15) is 4.79 Å². The van der Waals surface area contributed by atoms with Gasteiger partial charge >= 0.3 is 0 Å². The number of hydrogen-bond donors (Lipinski definition) is 1. The smallest absolute Gasteiger partial charge is 0.226 e. The number of nitrogens with one attached hydrogen (secondary N) is 1. The highest BCUT2D eigenvalue weighted by atomic mass is 32.1. The highest BCUT2D eigenvalue weighted by Gasteiger charge is 2.10. The molecule has 0 aliphatic carbocycles. The molecule has 0 unspecified atom stereocenters. The van der Waals surface area contributed by atoms with E-state index in [1.807, 2.05) is 35.8 Å². The number of amides is 1. The molecule has 0 spiro atoms. The molecule has 24 heavy (non-hydrogen) atoms. The van der Waals surface area contributed by atoms with Crippen LogP contribution in [0.15, 0.2) is 46.6 Å². The first-order valence-corrected chi connectivity index (χ1v) is 8.71. The van der Waals surface area contributed by atoms with Crippen molar-refractivity contribution < 1.29 is 9.32 Å². The number of thiophene rings is 1. The summed E-state index contributed by atoms with van der Waals surface area (Å²) < 4.78 is 5.22. The molecule has 7 heteroatoms. The van der Waals surface area contributed by atoms with E-state index in [2.05, 4.69) is 20.4 Å². The zero-order valence-corrected chi connectivity index (χ0v) is 14.0. The summed E-state index contributed by atoms with van der Waals surface area (Å²) in [6, 6.07) is 7.80. The van der Waals surface area contributed by atoms with Gasteiger partial charge in [0, 0.05) is 31.8 Å². The van der Waals surface area contributed by atoms with Gasteiger partial charge in [-0.3, -0.25) is 9.78 Å². The molecule has 0 atom stereocenters. The zero-order valence-electron chi connectivity index (χ0n) is 13.1. The Bertz CT molecular complexity index is 756. The Morgan fingerprint density at radius 3 is 3.00 bits per heavy atom. The van der Waals surface area contributed by atoms with E-state index >= 15 is 0 Å². The Hall–Kier alpha value is -2.54. The van der Waals surface area contributed by atoms with Gasteiger partial charge in [0.1, 0.15) is 0 Å². The van der Waals surface area contributed by atoms with Crippen LogP contribution in [0.1, 0.15) is 24.3 Å². The van der Waals surface area contributed by atoms with Gasteiger partial charge in [0.05, 0.1) is 4.88 Å². The van der Waals surface area contributed by atoms with Crippen molar-refractivity contribution in [2.45, 2.75) is 25.7 Å². The Morgan fingerprint density at radius 2 is 2.21 bits per heavy atom. The van der Waals surface area contributed by atoms with E-state index in [-0.39, 0.29) is 5.91 Å². The molecule has 3 aromatic heterocycles. The van der Waals surface area contributed by atoms with E-state index in [0.29, 0.717) is 37.5 Å². The van der Waals surface area contributed by atoms with Crippen molar-refractivity contribution in [2.75, 3.05) is 6.54 Å². The van der Waals surface area contributed by atoms with Crippen molar-refractivity contribution in [3.8, 4) is 10.7 Å². The summed E-state index contributed by atoms with van der Waals surface area (Å²) in [6.45, 7) is 0.619. The number of carbonyl (C=O) groups is 1. The van der Waals surface area contributed by atoms with E-state index in [1.54, 1.807) is 17.5 Å². The molecule has 0 aliphatic rings. The first-order valence-electron chi connectivity index (χ1n) is 7.83. The molecule has 6 nitrogen and oxygen atoms in total. The number of nitrogens with zero attached hydrogens (tertiary/aromatic N) is 3. The molecule has 1 N–H and O–H groups in total. The lowest BCUT2D eigenvalue weighted by Gasteiger charge is -2.04. The Kier molecular flexibility index (Phi) is 5.68. The second kappa shape index (κ2) is 8.35. The number of hydrogen-bond acceptors (Lipinski definition) is 6. The largest absolute Gasteiger partial charge is 0.356 e. The van der Waals surface area contributed by atoms with Crippen LogP contribution in [0.25, 0.3) is 10.7 Å². The zero-order chi connectivity index (χ0) is 16.6. The van der Waals surface area contributed by atoms with Gasteiger partial charge in [-0.1, -0.05) is 17.3 Å². The summed E-state index contributed by atoms with van der Waals surface area (Å²) in [7, 11) is 0. The molecule has 0 bridgehead atoms. The molecular formula is C17H18N4O2S. The van der Waals surface area contributed by atoms with Gasteiger partial charge in [0.25, 0.3) is 0 Å². The first kappa shape index (κ1) is 16.3. The molecule has 0 saturated heterocycles. The maximum Gasteiger partial charge on any atom is 0.226 e.